The van der Waals surface area contributed by atoms with Gasteiger partial charge in [-0.3, -0.25) is 0 Å². The Labute approximate surface area is 237 Å². The van der Waals surface area contributed by atoms with Crippen LogP contribution in [0.1, 0.15) is 79.8 Å². The minimum Gasteiger partial charge on any atom is -0.432 e. The van der Waals surface area contributed by atoms with E-state index in [-0.39, 0.29) is 30.7 Å². The lowest BCUT2D eigenvalue weighted by Gasteiger charge is -2.32. The third-order valence-electron chi connectivity index (χ3n) is 7.84. The van der Waals surface area contributed by atoms with Crippen molar-refractivity contribution in [3.63, 3.8) is 0 Å². The Morgan fingerprint density at radius 1 is 0.854 bits per heavy atom. The maximum absolute atomic E-state index is 13.6. The van der Waals surface area contributed by atoms with Crippen LogP contribution in [-0.4, -0.2) is 18.1 Å². The largest absolute Gasteiger partial charge is 0.432 e. The van der Waals surface area contributed by atoms with Crippen molar-refractivity contribution in [3.8, 4) is 0 Å². The van der Waals surface area contributed by atoms with Gasteiger partial charge in [0.05, 0.1) is 17.3 Å². The van der Waals surface area contributed by atoms with E-state index in [4.69, 9.17) is 4.42 Å². The van der Waals surface area contributed by atoms with Gasteiger partial charge >= 0.3 is 12.4 Å². The molecule has 1 aromatic heterocycles. The molecule has 4 nitrogen and oxygen atoms in total. The molecule has 1 aliphatic carbocycles. The van der Waals surface area contributed by atoms with Crippen LogP contribution in [0.3, 0.4) is 0 Å². The Morgan fingerprint density at radius 3 is 2.05 bits per heavy atom. The molecule has 1 heterocycles. The second-order valence-corrected chi connectivity index (χ2v) is 10.8. The molecular weight excluding hydrogens is 544 g/mol. The molecule has 0 N–H and O–H groups in total. The predicted octanol–water partition coefficient (Wildman–Crippen LogP) is 9.06. The molecule has 41 heavy (non-hydrogen) atoms. The number of alkyl halides is 6. The summed E-state index contributed by atoms with van der Waals surface area (Å²) >= 11 is 0. The number of aryl methyl sites for hydroxylation is 2. The average Bonchev–Trinajstić information content (AvgIpc) is 3.61. The number of nitrogens with zero attached hydrogens (tertiary/aromatic N) is 3. The molecule has 0 spiro atoms. The Hall–Kier alpha value is -3.17. The van der Waals surface area contributed by atoms with E-state index in [1.54, 1.807) is 4.90 Å². The van der Waals surface area contributed by atoms with Gasteiger partial charge in [0.2, 0.25) is 0 Å². The molecule has 2 aromatic carbocycles. The van der Waals surface area contributed by atoms with Gasteiger partial charge in [0.1, 0.15) is 6.26 Å². The third kappa shape index (κ3) is 7.57. The number of oxazole rings is 1. The van der Waals surface area contributed by atoms with E-state index in [1.807, 2.05) is 0 Å². The summed E-state index contributed by atoms with van der Waals surface area (Å²) in [7, 11) is 0. The zero-order chi connectivity index (χ0) is 29.8. The summed E-state index contributed by atoms with van der Waals surface area (Å²) in [6.45, 7) is 8.06. The second-order valence-electron chi connectivity index (χ2n) is 10.8. The topological polar surface area (TPSA) is 32.5 Å². The van der Waals surface area contributed by atoms with Gasteiger partial charge < -0.3 is 14.2 Å². The minimum absolute atomic E-state index is 0.128. The molecule has 0 saturated heterocycles. The van der Waals surface area contributed by atoms with Crippen LogP contribution < -0.4 is 9.80 Å². The minimum atomic E-state index is -4.92. The first kappa shape index (κ1) is 30.8. The lowest BCUT2D eigenvalue weighted by atomic mass is 9.97. The molecule has 0 bridgehead atoms. The van der Waals surface area contributed by atoms with Crippen LogP contribution in [0.15, 0.2) is 47.2 Å². The van der Waals surface area contributed by atoms with E-state index >= 15 is 0 Å². The molecule has 4 rings (SSSR count). The van der Waals surface area contributed by atoms with E-state index in [0.29, 0.717) is 5.92 Å². The Bertz CT molecular complexity index is 1250. The SMILES string of the molecule is CCCC(CC)CN(CC)c1cc2c(cc1CN(Cc1cc(C(F)(F)F)cc(C(F)(F)F)c1)c1ncco1)CCC2. The van der Waals surface area contributed by atoms with Crippen LogP contribution in [0.2, 0.25) is 0 Å². The molecule has 10 heteroatoms. The molecule has 3 aromatic rings. The molecule has 1 atom stereocenters. The van der Waals surface area contributed by atoms with Crippen LogP contribution >= 0.6 is 0 Å². The summed E-state index contributed by atoms with van der Waals surface area (Å²) in [6.07, 6.45) is -0.892. The van der Waals surface area contributed by atoms with Gasteiger partial charge in [-0.1, -0.05) is 32.8 Å². The van der Waals surface area contributed by atoms with Gasteiger partial charge in [-0.15, -0.1) is 0 Å². The van der Waals surface area contributed by atoms with Gasteiger partial charge in [0, 0.05) is 31.9 Å². The van der Waals surface area contributed by atoms with Crippen LogP contribution in [0.4, 0.5) is 38.0 Å². The summed E-state index contributed by atoms with van der Waals surface area (Å²) in [5.74, 6) is 0.509. The molecule has 0 radical (unpaired) electrons. The van der Waals surface area contributed by atoms with Crippen molar-refractivity contribution in [3.05, 3.63) is 76.2 Å². The Kier molecular flexibility index (Phi) is 9.59. The Morgan fingerprint density at radius 2 is 1.51 bits per heavy atom. The summed E-state index contributed by atoms with van der Waals surface area (Å²) in [6, 6.07) is 6.18. The van der Waals surface area contributed by atoms with E-state index in [9.17, 15) is 26.3 Å². The molecule has 1 aliphatic rings. The second kappa shape index (κ2) is 12.8. The number of anilines is 2. The summed E-state index contributed by atoms with van der Waals surface area (Å²) in [5.41, 5.74) is 1.69. The van der Waals surface area contributed by atoms with Crippen LogP contribution in [0, 0.1) is 5.92 Å². The van der Waals surface area contributed by atoms with E-state index in [1.165, 1.54) is 23.6 Å². The average molecular weight is 582 g/mol. The molecular formula is C31H37F6N3O. The highest BCUT2D eigenvalue weighted by atomic mass is 19.4. The van der Waals surface area contributed by atoms with Gasteiger partial charge in [0.15, 0.2) is 0 Å². The van der Waals surface area contributed by atoms with Crippen LogP contribution in [-0.2, 0) is 38.3 Å². The van der Waals surface area contributed by atoms with Crippen molar-refractivity contribution in [2.45, 2.75) is 84.7 Å². The highest BCUT2D eigenvalue weighted by Gasteiger charge is 2.37. The first-order chi connectivity index (χ1) is 19.4. The lowest BCUT2D eigenvalue weighted by molar-refractivity contribution is -0.143. The van der Waals surface area contributed by atoms with E-state index in [2.05, 4.69) is 42.8 Å². The van der Waals surface area contributed by atoms with Gasteiger partial charge in [-0.2, -0.15) is 26.3 Å². The molecule has 0 amide bonds. The number of hydrogen-bond acceptors (Lipinski definition) is 4. The fraction of sp³-hybridized carbons (Fsp3) is 0.516. The molecule has 0 aliphatic heterocycles. The maximum Gasteiger partial charge on any atom is 0.416 e. The quantitative estimate of drug-likeness (QED) is 0.200. The zero-order valence-electron chi connectivity index (χ0n) is 23.7. The standard InChI is InChI=1S/C31H37F6N3O/c1-4-8-21(5-2)18-39(6-3)28-16-24-10-7-9-23(24)15-25(28)20-40(29-38-11-12-41-29)19-22-13-26(30(32,33)34)17-27(14-22)31(35,36)37/h11-17,21H,4-10,18-20H2,1-3H3. The lowest BCUT2D eigenvalue weighted by Crippen LogP contribution is -2.31. The monoisotopic (exact) mass is 581 g/mol. The number of aromatic nitrogens is 1. The van der Waals surface area contributed by atoms with Crippen molar-refractivity contribution >= 4 is 11.7 Å². The summed E-state index contributed by atoms with van der Waals surface area (Å²) < 4.78 is 87.0. The van der Waals surface area contributed by atoms with Crippen LogP contribution in [0.25, 0.3) is 0 Å². The van der Waals surface area contributed by atoms with Crippen molar-refractivity contribution in [1.29, 1.82) is 0 Å². The van der Waals surface area contributed by atoms with Crippen molar-refractivity contribution in [2.24, 2.45) is 5.92 Å². The van der Waals surface area contributed by atoms with Crippen molar-refractivity contribution in [1.82, 2.24) is 4.98 Å². The first-order valence-electron chi connectivity index (χ1n) is 14.2. The smallest absolute Gasteiger partial charge is 0.416 e. The Balaban J connectivity index is 1.75. The summed E-state index contributed by atoms with van der Waals surface area (Å²) in [4.78, 5) is 8.15. The zero-order valence-corrected chi connectivity index (χ0v) is 23.7. The molecule has 0 fully saturated rings. The molecule has 1 unspecified atom stereocenters. The maximum atomic E-state index is 13.6. The van der Waals surface area contributed by atoms with E-state index in [0.717, 1.165) is 75.0 Å². The van der Waals surface area contributed by atoms with Crippen molar-refractivity contribution < 1.29 is 30.8 Å². The fourth-order valence-electron chi connectivity index (χ4n) is 5.73. The van der Waals surface area contributed by atoms with Gasteiger partial charge in [-0.25, -0.2) is 4.98 Å². The normalized spacial score (nSPS) is 14.3. The van der Waals surface area contributed by atoms with Crippen LogP contribution in [0.5, 0.6) is 0 Å². The first-order valence-corrected chi connectivity index (χ1v) is 14.2. The predicted molar refractivity (Wildman–Crippen MR) is 148 cm³/mol. The van der Waals surface area contributed by atoms with Crippen molar-refractivity contribution in [2.75, 3.05) is 22.9 Å². The fourth-order valence-corrected chi connectivity index (χ4v) is 5.73. The summed E-state index contributed by atoms with van der Waals surface area (Å²) in [5, 5.41) is 0. The number of benzene rings is 2. The highest BCUT2D eigenvalue weighted by Crippen LogP contribution is 2.38. The van der Waals surface area contributed by atoms with Gasteiger partial charge in [0.25, 0.3) is 6.01 Å². The number of fused-ring (bicyclic) bond motifs is 1. The van der Waals surface area contributed by atoms with Gasteiger partial charge in [-0.05, 0) is 85.0 Å². The third-order valence-corrected chi connectivity index (χ3v) is 7.84. The number of rotatable bonds is 12. The molecule has 0 saturated carbocycles. The highest BCUT2D eigenvalue weighted by molar-refractivity contribution is 5.60. The van der Waals surface area contributed by atoms with E-state index < -0.39 is 23.5 Å². The number of hydrogen-bond donors (Lipinski definition) is 0. The number of halogens is 6. The molecule has 224 valence electrons.